The molecule has 0 aromatic carbocycles. The fourth-order valence-corrected chi connectivity index (χ4v) is 1.07. The molecule has 0 saturated carbocycles. The predicted octanol–water partition coefficient (Wildman–Crippen LogP) is 3.31. The molecule has 0 unspecified atom stereocenters. The lowest BCUT2D eigenvalue weighted by Crippen LogP contribution is -2.05. The first-order valence-electron chi connectivity index (χ1n) is 5.62. The molecule has 0 amide bonds. The molecule has 0 aromatic heterocycles. The standard InChI is InChI=1S/C7H12.C2H2O5.2CH2O3/c1-7-5-3-2-4-6-7;3-1(4)7-2(5)6;2*2-1(3)4/h5H,2-4,6H2,1H3;(H,3,4)(H,5,6);2*(H2,2,3,4). The summed E-state index contributed by atoms with van der Waals surface area (Å²) < 4.78 is 3.08. The van der Waals surface area contributed by atoms with Crippen LogP contribution in [0.5, 0.6) is 0 Å². The number of rotatable bonds is 0. The van der Waals surface area contributed by atoms with Crippen LogP contribution in [0.4, 0.5) is 19.2 Å². The van der Waals surface area contributed by atoms with E-state index >= 15 is 0 Å². The Kier molecular flexibility index (Phi) is 17.6. The summed E-state index contributed by atoms with van der Waals surface area (Å²) in [5, 5.41) is 42.9. The van der Waals surface area contributed by atoms with Gasteiger partial charge in [0.05, 0.1) is 0 Å². The van der Waals surface area contributed by atoms with Gasteiger partial charge in [-0.15, -0.1) is 0 Å². The van der Waals surface area contributed by atoms with Crippen LogP contribution in [0.2, 0.25) is 0 Å². The van der Waals surface area contributed by atoms with Gasteiger partial charge in [-0.3, -0.25) is 0 Å². The topological polar surface area (TPSA) is 199 Å². The number of carbonyl (C=O) groups is 4. The Bertz CT molecular complexity index is 353. The molecule has 6 N–H and O–H groups in total. The minimum atomic E-state index is -1.83. The van der Waals surface area contributed by atoms with Crippen LogP contribution in [0.1, 0.15) is 32.6 Å². The number of hydrogen-bond donors (Lipinski definition) is 6. The van der Waals surface area contributed by atoms with E-state index in [2.05, 4.69) is 17.7 Å². The number of carboxylic acid groups (broad SMARTS) is 6. The van der Waals surface area contributed by atoms with E-state index in [0.717, 1.165) is 0 Å². The molecule has 22 heavy (non-hydrogen) atoms. The molecule has 1 aliphatic carbocycles. The van der Waals surface area contributed by atoms with Crippen molar-refractivity contribution < 1.29 is 54.6 Å². The summed E-state index contributed by atoms with van der Waals surface area (Å²) in [4.78, 5) is 35.5. The molecule has 128 valence electrons. The van der Waals surface area contributed by atoms with Crippen LogP contribution < -0.4 is 0 Å². The summed E-state index contributed by atoms with van der Waals surface area (Å²) >= 11 is 0. The van der Waals surface area contributed by atoms with Gasteiger partial charge in [-0.2, -0.15) is 0 Å². The minimum Gasteiger partial charge on any atom is -0.450 e. The van der Waals surface area contributed by atoms with Crippen LogP contribution in [0.25, 0.3) is 0 Å². The van der Waals surface area contributed by atoms with Gasteiger partial charge in [0.1, 0.15) is 0 Å². The fourth-order valence-electron chi connectivity index (χ4n) is 1.07. The van der Waals surface area contributed by atoms with Crippen LogP contribution in [-0.4, -0.2) is 55.3 Å². The number of hydrogen-bond acceptors (Lipinski definition) is 5. The van der Waals surface area contributed by atoms with E-state index in [4.69, 9.17) is 40.2 Å². The highest BCUT2D eigenvalue weighted by Gasteiger charge is 2.01. The van der Waals surface area contributed by atoms with Crippen molar-refractivity contribution in [1.82, 2.24) is 0 Å². The van der Waals surface area contributed by atoms with Gasteiger partial charge in [-0.1, -0.05) is 11.6 Å². The Labute approximate surface area is 124 Å². The van der Waals surface area contributed by atoms with E-state index in [9.17, 15) is 9.59 Å². The van der Waals surface area contributed by atoms with Crippen molar-refractivity contribution in [2.24, 2.45) is 0 Å². The fraction of sp³-hybridized carbons (Fsp3) is 0.455. The first-order valence-corrected chi connectivity index (χ1v) is 5.62. The third-order valence-electron chi connectivity index (χ3n) is 1.69. The van der Waals surface area contributed by atoms with Crippen molar-refractivity contribution in [2.75, 3.05) is 0 Å². The van der Waals surface area contributed by atoms with Crippen LogP contribution in [0, 0.1) is 0 Å². The van der Waals surface area contributed by atoms with E-state index in [-0.39, 0.29) is 0 Å². The summed E-state index contributed by atoms with van der Waals surface area (Å²) in [6, 6.07) is 0. The average Bonchev–Trinajstić information content (AvgIpc) is 2.26. The Morgan fingerprint density at radius 3 is 1.32 bits per heavy atom. The first-order chi connectivity index (χ1) is 9.98. The zero-order valence-corrected chi connectivity index (χ0v) is 11.6. The van der Waals surface area contributed by atoms with Crippen LogP contribution >= 0.6 is 0 Å². The normalized spacial score (nSPS) is 11.4. The zero-order valence-electron chi connectivity index (χ0n) is 11.6. The largest absolute Gasteiger partial charge is 0.516 e. The SMILES string of the molecule is CC1=CCCCC1.O=C(O)O.O=C(O)O.O=C(O)OC(=O)O. The average molecular weight is 326 g/mol. The molecule has 0 heterocycles. The van der Waals surface area contributed by atoms with Crippen LogP contribution in [0.15, 0.2) is 11.6 Å². The quantitative estimate of drug-likeness (QED) is 0.216. The Balaban J connectivity index is -0.000000228. The maximum absolute atomic E-state index is 9.21. The molecule has 0 spiro atoms. The molecule has 11 nitrogen and oxygen atoms in total. The van der Waals surface area contributed by atoms with E-state index < -0.39 is 24.6 Å². The summed E-state index contributed by atoms with van der Waals surface area (Å²) in [6.07, 6.45) is 0.564. The van der Waals surface area contributed by atoms with E-state index in [1.54, 1.807) is 5.57 Å². The van der Waals surface area contributed by atoms with Gasteiger partial charge in [0, 0.05) is 0 Å². The highest BCUT2D eigenvalue weighted by atomic mass is 16.7. The second-order valence-corrected chi connectivity index (χ2v) is 3.50. The van der Waals surface area contributed by atoms with Crippen LogP contribution in [-0.2, 0) is 4.74 Å². The van der Waals surface area contributed by atoms with Gasteiger partial charge in [0.25, 0.3) is 0 Å². The van der Waals surface area contributed by atoms with Crippen molar-refractivity contribution in [3.8, 4) is 0 Å². The smallest absolute Gasteiger partial charge is 0.450 e. The third-order valence-corrected chi connectivity index (χ3v) is 1.69. The maximum Gasteiger partial charge on any atom is 0.516 e. The molecule has 0 aliphatic heterocycles. The highest BCUT2D eigenvalue weighted by molar-refractivity contribution is 5.74. The van der Waals surface area contributed by atoms with E-state index in [1.807, 2.05) is 0 Å². The molecule has 1 rings (SSSR count). The summed E-state index contributed by atoms with van der Waals surface area (Å²) in [7, 11) is 0. The van der Waals surface area contributed by atoms with Crippen LogP contribution in [0.3, 0.4) is 0 Å². The van der Waals surface area contributed by atoms with Gasteiger partial charge < -0.3 is 35.4 Å². The van der Waals surface area contributed by atoms with Crippen molar-refractivity contribution in [2.45, 2.75) is 32.6 Å². The molecule has 11 heteroatoms. The molecule has 0 fully saturated rings. The van der Waals surface area contributed by atoms with Crippen molar-refractivity contribution in [3.05, 3.63) is 11.6 Å². The van der Waals surface area contributed by atoms with Gasteiger partial charge in [-0.05, 0) is 32.6 Å². The summed E-state index contributed by atoms with van der Waals surface area (Å²) in [5.41, 5.74) is 1.59. The predicted molar refractivity (Wildman–Crippen MR) is 70.7 cm³/mol. The minimum absolute atomic E-state index is 1.33. The molecule has 0 aromatic rings. The Morgan fingerprint density at radius 2 is 1.23 bits per heavy atom. The van der Waals surface area contributed by atoms with Gasteiger partial charge in [-0.25, -0.2) is 19.2 Å². The maximum atomic E-state index is 9.21. The molecular weight excluding hydrogens is 308 g/mol. The lowest BCUT2D eigenvalue weighted by Gasteiger charge is -2.05. The Morgan fingerprint density at radius 1 is 0.864 bits per heavy atom. The molecule has 0 radical (unpaired) electrons. The molecule has 0 bridgehead atoms. The summed E-state index contributed by atoms with van der Waals surface area (Å²) in [6.45, 7) is 2.22. The number of ether oxygens (including phenoxy) is 1. The second kappa shape index (κ2) is 16.1. The molecule has 0 atom stereocenters. The van der Waals surface area contributed by atoms with Crippen molar-refractivity contribution >= 4 is 24.6 Å². The van der Waals surface area contributed by atoms with E-state index in [1.165, 1.54) is 25.7 Å². The lowest BCUT2D eigenvalue weighted by molar-refractivity contribution is 0.0800. The van der Waals surface area contributed by atoms with Crippen molar-refractivity contribution in [3.63, 3.8) is 0 Å². The van der Waals surface area contributed by atoms with Gasteiger partial charge in [0.2, 0.25) is 0 Å². The summed E-state index contributed by atoms with van der Waals surface area (Å²) in [5.74, 6) is 0. The monoisotopic (exact) mass is 326 g/mol. The van der Waals surface area contributed by atoms with Gasteiger partial charge in [0.15, 0.2) is 0 Å². The van der Waals surface area contributed by atoms with Gasteiger partial charge >= 0.3 is 24.6 Å². The number of allylic oxidation sites excluding steroid dienone is 2. The zero-order chi connectivity index (χ0) is 18.1. The molecule has 1 aliphatic rings. The Hall–Kier alpha value is -2.98. The van der Waals surface area contributed by atoms with E-state index in [0.29, 0.717) is 0 Å². The second-order valence-electron chi connectivity index (χ2n) is 3.50. The lowest BCUT2D eigenvalue weighted by atomic mass is 10.0. The molecular formula is C11H18O11. The third kappa shape index (κ3) is 53.7. The van der Waals surface area contributed by atoms with Crippen molar-refractivity contribution in [1.29, 1.82) is 0 Å². The first kappa shape index (κ1) is 24.1. The molecule has 0 saturated heterocycles. The highest BCUT2D eigenvalue weighted by Crippen LogP contribution is 2.15.